The minimum Gasteiger partial charge on any atom is -0.495 e. The van der Waals surface area contributed by atoms with E-state index in [-0.39, 0.29) is 23.9 Å². The molecule has 1 aliphatic carbocycles. The fourth-order valence-corrected chi connectivity index (χ4v) is 2.10. The quantitative estimate of drug-likeness (QED) is 0.707. The molecule has 16 heavy (non-hydrogen) atoms. The lowest BCUT2D eigenvalue weighted by Gasteiger charge is -2.21. The predicted molar refractivity (Wildman–Crippen MR) is 57.4 cm³/mol. The fourth-order valence-electron chi connectivity index (χ4n) is 2.10. The molecule has 0 unspecified atom stereocenters. The summed E-state index contributed by atoms with van der Waals surface area (Å²) in [6.45, 7) is 0. The molecule has 0 spiro atoms. The van der Waals surface area contributed by atoms with E-state index in [1.807, 2.05) is 6.07 Å². The Kier molecular flexibility index (Phi) is 2.99. The Morgan fingerprint density at radius 3 is 2.62 bits per heavy atom. The van der Waals surface area contributed by atoms with Gasteiger partial charge in [-0.15, -0.1) is 0 Å². The molecule has 1 fully saturated rings. The largest absolute Gasteiger partial charge is 0.495 e. The standard InChI is InChI=1S/C12H13NO3/c1-16-12-7-13-3-2-11(12)8-4-9(14)6-10(15)5-8/h2-3,7-8H,4-6H2,1H3. The van der Waals surface area contributed by atoms with Crippen molar-refractivity contribution in [3.8, 4) is 5.75 Å². The van der Waals surface area contributed by atoms with Gasteiger partial charge in [0.15, 0.2) is 0 Å². The van der Waals surface area contributed by atoms with Gasteiger partial charge in [0.2, 0.25) is 0 Å². The first-order chi connectivity index (χ1) is 7.70. The molecule has 0 aromatic carbocycles. The highest BCUT2D eigenvalue weighted by Crippen LogP contribution is 2.34. The number of ketones is 2. The number of aromatic nitrogens is 1. The molecule has 1 heterocycles. The van der Waals surface area contributed by atoms with Crippen molar-refractivity contribution >= 4 is 11.6 Å². The lowest BCUT2D eigenvalue weighted by Crippen LogP contribution is -2.21. The van der Waals surface area contributed by atoms with Crippen LogP contribution in [0.4, 0.5) is 0 Å². The SMILES string of the molecule is COc1cnccc1C1CC(=O)CC(=O)C1. The summed E-state index contributed by atoms with van der Waals surface area (Å²) in [5.41, 5.74) is 0.902. The van der Waals surface area contributed by atoms with Crippen LogP contribution in [0.15, 0.2) is 18.5 Å². The number of nitrogens with zero attached hydrogens (tertiary/aromatic N) is 1. The molecule has 4 heteroatoms. The number of hydrogen-bond donors (Lipinski definition) is 0. The third kappa shape index (κ3) is 2.10. The third-order valence-electron chi connectivity index (χ3n) is 2.82. The predicted octanol–water partition coefficient (Wildman–Crippen LogP) is 1.50. The van der Waals surface area contributed by atoms with Crippen LogP contribution in [0.3, 0.4) is 0 Å². The number of Topliss-reactive ketones (excluding diaryl/α,β-unsaturated/α-hetero) is 2. The average Bonchev–Trinajstić information content (AvgIpc) is 2.27. The summed E-state index contributed by atoms with van der Waals surface area (Å²) in [5.74, 6) is 0.627. The van der Waals surface area contributed by atoms with Crippen LogP contribution in [0.1, 0.15) is 30.7 Å². The van der Waals surface area contributed by atoms with Gasteiger partial charge in [0, 0.05) is 30.5 Å². The minimum absolute atomic E-state index is 0.0140. The first kappa shape index (κ1) is 10.8. The number of ether oxygens (including phenoxy) is 1. The van der Waals surface area contributed by atoms with E-state index in [1.165, 1.54) is 0 Å². The zero-order chi connectivity index (χ0) is 11.5. The van der Waals surface area contributed by atoms with E-state index >= 15 is 0 Å². The monoisotopic (exact) mass is 219 g/mol. The van der Waals surface area contributed by atoms with Crippen molar-refractivity contribution in [3.05, 3.63) is 24.0 Å². The van der Waals surface area contributed by atoms with E-state index < -0.39 is 0 Å². The average molecular weight is 219 g/mol. The Morgan fingerprint density at radius 1 is 1.31 bits per heavy atom. The molecule has 1 saturated carbocycles. The molecule has 1 aromatic heterocycles. The second kappa shape index (κ2) is 4.43. The summed E-state index contributed by atoms with van der Waals surface area (Å²) in [7, 11) is 1.56. The van der Waals surface area contributed by atoms with Crippen LogP contribution in [0.25, 0.3) is 0 Å². The first-order valence-electron chi connectivity index (χ1n) is 5.22. The van der Waals surface area contributed by atoms with Crippen LogP contribution >= 0.6 is 0 Å². The topological polar surface area (TPSA) is 56.3 Å². The highest BCUT2D eigenvalue weighted by Gasteiger charge is 2.28. The van der Waals surface area contributed by atoms with Crippen LogP contribution in [0, 0.1) is 0 Å². The van der Waals surface area contributed by atoms with Crippen molar-refractivity contribution in [2.24, 2.45) is 0 Å². The number of carbonyl (C=O) groups excluding carboxylic acids is 2. The number of carbonyl (C=O) groups is 2. The Labute approximate surface area is 93.6 Å². The van der Waals surface area contributed by atoms with Gasteiger partial charge in [0.1, 0.15) is 17.3 Å². The van der Waals surface area contributed by atoms with E-state index in [0.717, 1.165) is 5.56 Å². The molecule has 0 N–H and O–H groups in total. The molecular weight excluding hydrogens is 206 g/mol. The van der Waals surface area contributed by atoms with E-state index in [1.54, 1.807) is 19.5 Å². The first-order valence-corrected chi connectivity index (χ1v) is 5.22. The Bertz CT molecular complexity index is 412. The lowest BCUT2D eigenvalue weighted by molar-refractivity contribution is -0.130. The summed E-state index contributed by atoms with van der Waals surface area (Å²) >= 11 is 0. The van der Waals surface area contributed by atoms with Crippen molar-refractivity contribution in [3.63, 3.8) is 0 Å². The molecule has 1 aliphatic rings. The van der Waals surface area contributed by atoms with Gasteiger partial charge in [-0.05, 0) is 6.07 Å². The Balaban J connectivity index is 2.29. The van der Waals surface area contributed by atoms with Gasteiger partial charge in [-0.2, -0.15) is 0 Å². The van der Waals surface area contributed by atoms with Crippen LogP contribution in [0.2, 0.25) is 0 Å². The van der Waals surface area contributed by atoms with Crippen molar-refractivity contribution in [1.29, 1.82) is 0 Å². The van der Waals surface area contributed by atoms with E-state index in [4.69, 9.17) is 4.74 Å². The number of hydrogen-bond acceptors (Lipinski definition) is 4. The van der Waals surface area contributed by atoms with Crippen molar-refractivity contribution in [2.45, 2.75) is 25.2 Å². The van der Waals surface area contributed by atoms with Gasteiger partial charge in [-0.1, -0.05) is 0 Å². The van der Waals surface area contributed by atoms with Gasteiger partial charge in [-0.25, -0.2) is 0 Å². The maximum Gasteiger partial charge on any atom is 0.140 e. The maximum atomic E-state index is 11.4. The number of methoxy groups -OCH3 is 1. The summed E-state index contributed by atoms with van der Waals surface area (Å²) < 4.78 is 5.18. The normalized spacial score (nSPS) is 17.6. The van der Waals surface area contributed by atoms with E-state index in [9.17, 15) is 9.59 Å². The fraction of sp³-hybridized carbons (Fsp3) is 0.417. The van der Waals surface area contributed by atoms with Crippen LogP contribution in [-0.4, -0.2) is 23.7 Å². The Hall–Kier alpha value is -1.71. The highest BCUT2D eigenvalue weighted by atomic mass is 16.5. The molecule has 4 nitrogen and oxygen atoms in total. The second-order valence-electron chi connectivity index (χ2n) is 3.98. The smallest absolute Gasteiger partial charge is 0.140 e. The lowest BCUT2D eigenvalue weighted by atomic mass is 9.82. The number of rotatable bonds is 2. The number of pyridine rings is 1. The molecule has 0 saturated heterocycles. The molecular formula is C12H13NO3. The van der Waals surface area contributed by atoms with Crippen LogP contribution in [-0.2, 0) is 9.59 Å². The van der Waals surface area contributed by atoms with E-state index in [2.05, 4.69) is 4.98 Å². The second-order valence-corrected chi connectivity index (χ2v) is 3.98. The van der Waals surface area contributed by atoms with Gasteiger partial charge in [0.05, 0.1) is 19.7 Å². The van der Waals surface area contributed by atoms with Gasteiger partial charge < -0.3 is 4.74 Å². The molecule has 0 radical (unpaired) electrons. The van der Waals surface area contributed by atoms with Gasteiger partial charge in [-0.3, -0.25) is 14.6 Å². The maximum absolute atomic E-state index is 11.4. The Morgan fingerprint density at radius 2 is 2.00 bits per heavy atom. The molecule has 0 aliphatic heterocycles. The molecule has 0 amide bonds. The summed E-state index contributed by atoms with van der Waals surface area (Å²) in [4.78, 5) is 26.7. The molecule has 0 atom stereocenters. The zero-order valence-electron chi connectivity index (χ0n) is 9.10. The summed E-state index contributed by atoms with van der Waals surface area (Å²) in [6.07, 6.45) is 4.20. The molecule has 1 aromatic rings. The van der Waals surface area contributed by atoms with Gasteiger partial charge >= 0.3 is 0 Å². The van der Waals surface area contributed by atoms with E-state index in [0.29, 0.717) is 18.6 Å². The molecule has 2 rings (SSSR count). The van der Waals surface area contributed by atoms with Crippen LogP contribution < -0.4 is 4.74 Å². The summed E-state index contributed by atoms with van der Waals surface area (Å²) in [5, 5.41) is 0. The van der Waals surface area contributed by atoms with Crippen molar-refractivity contribution in [1.82, 2.24) is 4.98 Å². The molecule has 0 bridgehead atoms. The van der Waals surface area contributed by atoms with Crippen LogP contribution in [0.5, 0.6) is 5.75 Å². The van der Waals surface area contributed by atoms with Crippen molar-refractivity contribution in [2.75, 3.05) is 7.11 Å². The van der Waals surface area contributed by atoms with Gasteiger partial charge in [0.25, 0.3) is 0 Å². The highest BCUT2D eigenvalue weighted by molar-refractivity contribution is 6.02. The minimum atomic E-state index is -0.0494. The van der Waals surface area contributed by atoms with Crippen molar-refractivity contribution < 1.29 is 14.3 Å². The third-order valence-corrected chi connectivity index (χ3v) is 2.82. The summed E-state index contributed by atoms with van der Waals surface area (Å²) in [6, 6.07) is 1.81. The zero-order valence-corrected chi connectivity index (χ0v) is 9.10. The molecule has 84 valence electrons.